The van der Waals surface area contributed by atoms with E-state index >= 15 is 0 Å². The molecule has 1 saturated heterocycles. The molecule has 3 aromatic rings. The molecule has 0 radical (unpaired) electrons. The van der Waals surface area contributed by atoms with Crippen LogP contribution in [0.5, 0.6) is 5.75 Å². The number of ether oxygens (including phenoxy) is 1. The number of amides is 2. The quantitative estimate of drug-likeness (QED) is 0.545. The van der Waals surface area contributed by atoms with Gasteiger partial charge in [0.1, 0.15) is 10.8 Å². The Bertz CT molecular complexity index is 1080. The molecule has 2 amide bonds. The number of thiazole rings is 1. The van der Waals surface area contributed by atoms with Gasteiger partial charge in [-0.2, -0.15) is 0 Å². The number of nitrogens with one attached hydrogen (secondary N) is 1. The van der Waals surface area contributed by atoms with E-state index in [1.807, 2.05) is 17.5 Å². The number of halogens is 1. The highest BCUT2D eigenvalue weighted by molar-refractivity contribution is 7.23. The van der Waals surface area contributed by atoms with E-state index in [0.717, 1.165) is 22.7 Å². The Balaban J connectivity index is 1.46. The highest BCUT2D eigenvalue weighted by Crippen LogP contribution is 2.34. The van der Waals surface area contributed by atoms with Gasteiger partial charge < -0.3 is 15.0 Å². The molecule has 0 atom stereocenters. The van der Waals surface area contributed by atoms with E-state index in [9.17, 15) is 9.59 Å². The summed E-state index contributed by atoms with van der Waals surface area (Å²) < 4.78 is 6.14. The van der Waals surface area contributed by atoms with E-state index in [-0.39, 0.29) is 18.2 Å². The molecule has 0 saturated carbocycles. The number of aromatic nitrogens is 1. The third kappa shape index (κ3) is 4.66. The molecule has 0 spiro atoms. The van der Waals surface area contributed by atoms with Crippen LogP contribution in [0.15, 0.2) is 35.7 Å². The van der Waals surface area contributed by atoms with Crippen molar-refractivity contribution in [1.82, 2.24) is 4.98 Å². The number of rotatable bonds is 6. The van der Waals surface area contributed by atoms with E-state index in [1.165, 1.54) is 22.7 Å². The minimum Gasteiger partial charge on any atom is -0.495 e. The molecule has 156 valence electrons. The molecule has 6 nitrogen and oxygen atoms in total. The number of hydrogen-bond donors (Lipinski definition) is 1. The molecular formula is C21H20ClN3O3S2. The normalized spacial score (nSPS) is 14.1. The first-order chi connectivity index (χ1) is 14.5. The fourth-order valence-electron chi connectivity index (χ4n) is 3.34. The Morgan fingerprint density at radius 3 is 2.90 bits per heavy atom. The van der Waals surface area contributed by atoms with Crippen LogP contribution in [0.25, 0.3) is 9.88 Å². The number of thiophene rings is 1. The molecule has 2 aromatic heterocycles. The zero-order valence-electron chi connectivity index (χ0n) is 16.3. The second-order valence-corrected chi connectivity index (χ2v) is 9.44. The van der Waals surface area contributed by atoms with Crippen LogP contribution in [-0.4, -0.2) is 30.5 Å². The first-order valence-corrected chi connectivity index (χ1v) is 11.6. The molecule has 4 rings (SSSR count). The lowest BCUT2D eigenvalue weighted by molar-refractivity contribution is -0.119. The third-order valence-electron chi connectivity index (χ3n) is 4.75. The smallest absolute Gasteiger partial charge is 0.230 e. The van der Waals surface area contributed by atoms with Crippen molar-refractivity contribution in [3.63, 3.8) is 0 Å². The average molecular weight is 462 g/mol. The van der Waals surface area contributed by atoms with Gasteiger partial charge in [0, 0.05) is 24.0 Å². The Labute approximate surface area is 187 Å². The van der Waals surface area contributed by atoms with Crippen LogP contribution < -0.4 is 15.0 Å². The molecule has 1 fully saturated rings. The van der Waals surface area contributed by atoms with Crippen LogP contribution in [0, 0.1) is 0 Å². The number of carbonyl (C=O) groups is 2. The zero-order valence-corrected chi connectivity index (χ0v) is 18.7. The molecule has 9 heteroatoms. The maximum absolute atomic E-state index is 12.6. The fraction of sp³-hybridized carbons (Fsp3) is 0.286. The van der Waals surface area contributed by atoms with Crippen molar-refractivity contribution in [2.45, 2.75) is 25.7 Å². The molecule has 0 aliphatic carbocycles. The van der Waals surface area contributed by atoms with Crippen LogP contribution in [0.1, 0.15) is 25.0 Å². The second kappa shape index (κ2) is 9.16. The van der Waals surface area contributed by atoms with Crippen LogP contribution in [0.3, 0.4) is 0 Å². The molecule has 30 heavy (non-hydrogen) atoms. The number of hydrogen-bond acceptors (Lipinski definition) is 6. The maximum atomic E-state index is 12.6. The van der Waals surface area contributed by atoms with Crippen LogP contribution in [-0.2, 0) is 16.0 Å². The van der Waals surface area contributed by atoms with E-state index in [1.54, 1.807) is 30.2 Å². The predicted molar refractivity (Wildman–Crippen MR) is 122 cm³/mol. The predicted octanol–water partition coefficient (Wildman–Crippen LogP) is 5.23. The SMILES string of the molecule is COc1ccc(NC(=O)Cc2csc(-c3ccc(Cl)s3)n2)cc1N1CCCCC1=O. The van der Waals surface area contributed by atoms with Crippen molar-refractivity contribution in [1.29, 1.82) is 0 Å². The molecule has 1 aromatic carbocycles. The Hall–Kier alpha value is -2.42. The minimum atomic E-state index is -0.169. The molecule has 1 aliphatic rings. The Morgan fingerprint density at radius 2 is 2.17 bits per heavy atom. The van der Waals surface area contributed by atoms with Gasteiger partial charge in [0.15, 0.2) is 0 Å². The van der Waals surface area contributed by atoms with E-state index in [2.05, 4.69) is 10.3 Å². The van der Waals surface area contributed by atoms with Gasteiger partial charge in [-0.1, -0.05) is 11.6 Å². The van der Waals surface area contributed by atoms with Gasteiger partial charge in [-0.15, -0.1) is 22.7 Å². The summed E-state index contributed by atoms with van der Waals surface area (Å²) in [6.45, 7) is 0.654. The number of methoxy groups -OCH3 is 1. The van der Waals surface area contributed by atoms with Gasteiger partial charge in [-0.3, -0.25) is 9.59 Å². The highest BCUT2D eigenvalue weighted by atomic mass is 35.5. The lowest BCUT2D eigenvalue weighted by Gasteiger charge is -2.28. The first kappa shape index (κ1) is 20.8. The van der Waals surface area contributed by atoms with Crippen molar-refractivity contribution >= 4 is 57.5 Å². The first-order valence-electron chi connectivity index (χ1n) is 9.52. The van der Waals surface area contributed by atoms with E-state index in [4.69, 9.17) is 16.3 Å². The Morgan fingerprint density at radius 1 is 1.30 bits per heavy atom. The van der Waals surface area contributed by atoms with Gasteiger partial charge in [-0.25, -0.2) is 4.98 Å². The van der Waals surface area contributed by atoms with Crippen molar-refractivity contribution in [2.75, 3.05) is 23.9 Å². The standard InChI is InChI=1S/C21H20ClN3O3S2/c1-28-16-6-5-13(10-15(16)25-9-3-2-4-20(25)27)23-19(26)11-14-12-29-21(24-14)17-7-8-18(22)30-17/h5-8,10,12H,2-4,9,11H2,1H3,(H,23,26). The van der Waals surface area contributed by atoms with Crippen molar-refractivity contribution in [3.8, 4) is 15.6 Å². The summed E-state index contributed by atoms with van der Waals surface area (Å²) >= 11 is 8.94. The summed E-state index contributed by atoms with van der Waals surface area (Å²) in [4.78, 5) is 32.2. The van der Waals surface area contributed by atoms with Gasteiger partial charge in [0.25, 0.3) is 0 Å². The lowest BCUT2D eigenvalue weighted by atomic mass is 10.1. The topological polar surface area (TPSA) is 71.5 Å². The monoisotopic (exact) mass is 461 g/mol. The molecular weight excluding hydrogens is 442 g/mol. The number of benzene rings is 1. The highest BCUT2D eigenvalue weighted by Gasteiger charge is 2.23. The molecule has 0 unspecified atom stereocenters. The molecule has 3 heterocycles. The molecule has 0 bridgehead atoms. The van der Waals surface area contributed by atoms with E-state index < -0.39 is 0 Å². The second-order valence-electron chi connectivity index (χ2n) is 6.86. The van der Waals surface area contributed by atoms with Crippen molar-refractivity contribution < 1.29 is 14.3 Å². The largest absolute Gasteiger partial charge is 0.495 e. The number of piperidine rings is 1. The lowest BCUT2D eigenvalue weighted by Crippen LogP contribution is -2.35. The molecule has 1 N–H and O–H groups in total. The summed E-state index contributed by atoms with van der Waals surface area (Å²) in [5.41, 5.74) is 2.01. The van der Waals surface area contributed by atoms with Crippen molar-refractivity contribution in [2.24, 2.45) is 0 Å². The summed E-state index contributed by atoms with van der Waals surface area (Å²) in [5, 5.41) is 5.64. The summed E-state index contributed by atoms with van der Waals surface area (Å²) in [7, 11) is 1.58. The number of anilines is 2. The van der Waals surface area contributed by atoms with Gasteiger partial charge in [0.05, 0.1) is 34.1 Å². The summed E-state index contributed by atoms with van der Waals surface area (Å²) in [5.74, 6) is 0.519. The van der Waals surface area contributed by atoms with Gasteiger partial charge in [-0.05, 0) is 43.2 Å². The van der Waals surface area contributed by atoms with Crippen LogP contribution >= 0.6 is 34.3 Å². The fourth-order valence-corrected chi connectivity index (χ4v) is 5.27. The maximum Gasteiger partial charge on any atom is 0.230 e. The third-order valence-corrected chi connectivity index (χ3v) is 7.05. The zero-order chi connectivity index (χ0) is 21.1. The number of carbonyl (C=O) groups excluding carboxylic acids is 2. The van der Waals surface area contributed by atoms with E-state index in [0.29, 0.717) is 40.1 Å². The van der Waals surface area contributed by atoms with Crippen molar-refractivity contribution in [3.05, 3.63) is 45.7 Å². The van der Waals surface area contributed by atoms with Crippen LogP contribution in [0.4, 0.5) is 11.4 Å². The van der Waals surface area contributed by atoms with Crippen LogP contribution in [0.2, 0.25) is 4.34 Å². The minimum absolute atomic E-state index is 0.0757. The summed E-state index contributed by atoms with van der Waals surface area (Å²) in [6, 6.07) is 9.10. The number of nitrogens with zero attached hydrogens (tertiary/aromatic N) is 2. The van der Waals surface area contributed by atoms with Gasteiger partial charge in [0.2, 0.25) is 11.8 Å². The molecule has 1 aliphatic heterocycles. The van der Waals surface area contributed by atoms with Gasteiger partial charge >= 0.3 is 0 Å². The summed E-state index contributed by atoms with van der Waals surface area (Å²) in [6.07, 6.45) is 2.55. The Kier molecular flexibility index (Phi) is 6.36. The average Bonchev–Trinajstić information content (AvgIpc) is 3.37.